The molecule has 1 unspecified atom stereocenters. The maximum absolute atomic E-state index is 12.5. The molecule has 1 fully saturated rings. The number of hydrogen-bond acceptors (Lipinski definition) is 1. The Labute approximate surface area is 113 Å². The van der Waals surface area contributed by atoms with Crippen LogP contribution in [-0.4, -0.2) is 17.4 Å². The van der Waals surface area contributed by atoms with E-state index in [1.165, 1.54) is 5.56 Å². The number of rotatable bonds is 2. The highest BCUT2D eigenvalue weighted by molar-refractivity contribution is 5.94. The molecule has 0 saturated carbocycles. The maximum Gasteiger partial charge on any atom is 0.254 e. The molecule has 1 radical (unpaired) electrons. The molecule has 2 aromatic rings. The van der Waals surface area contributed by atoms with Crippen LogP contribution in [-0.2, 0) is 0 Å². The molecule has 1 aliphatic heterocycles. The smallest absolute Gasteiger partial charge is 0.254 e. The number of nitrogens with zero attached hydrogens (tertiary/aromatic N) is 1. The molecule has 0 aliphatic carbocycles. The molecule has 3 rings (SSSR count). The molecule has 0 aromatic heterocycles. The van der Waals surface area contributed by atoms with Crippen LogP contribution in [0.5, 0.6) is 0 Å². The molecule has 1 heterocycles. The molecule has 1 amide bonds. The Hall–Kier alpha value is -2.09. The predicted octanol–water partition coefficient (Wildman–Crippen LogP) is 3.46. The third-order valence-corrected chi connectivity index (χ3v) is 3.65. The zero-order valence-electron chi connectivity index (χ0n) is 10.8. The summed E-state index contributed by atoms with van der Waals surface area (Å²) in [4.78, 5) is 14.5. The third-order valence-electron chi connectivity index (χ3n) is 3.65. The van der Waals surface area contributed by atoms with E-state index in [0.29, 0.717) is 0 Å². The molecule has 1 atom stereocenters. The van der Waals surface area contributed by atoms with E-state index in [1.54, 1.807) is 0 Å². The minimum Gasteiger partial charge on any atom is -0.332 e. The average Bonchev–Trinajstić information content (AvgIpc) is 2.98. The van der Waals surface area contributed by atoms with E-state index in [0.717, 1.165) is 24.9 Å². The van der Waals surface area contributed by atoms with Gasteiger partial charge in [-0.2, -0.15) is 0 Å². The fourth-order valence-electron chi connectivity index (χ4n) is 2.72. The van der Waals surface area contributed by atoms with Crippen molar-refractivity contribution in [3.05, 3.63) is 71.8 Å². The van der Waals surface area contributed by atoms with Crippen molar-refractivity contribution < 1.29 is 4.79 Å². The number of carbonyl (C=O) groups is 1. The van der Waals surface area contributed by atoms with Crippen LogP contribution >= 0.6 is 0 Å². The topological polar surface area (TPSA) is 20.3 Å². The summed E-state index contributed by atoms with van der Waals surface area (Å²) in [6.07, 6.45) is 2.11. The number of carbonyl (C=O) groups excluding carboxylic acids is 1. The predicted molar refractivity (Wildman–Crippen MR) is 74.7 cm³/mol. The van der Waals surface area contributed by atoms with Gasteiger partial charge in [0.1, 0.15) is 0 Å². The number of likely N-dealkylation sites (tertiary alicyclic amines) is 1. The van der Waals surface area contributed by atoms with Crippen LogP contribution in [0.3, 0.4) is 0 Å². The van der Waals surface area contributed by atoms with Crippen molar-refractivity contribution in [2.75, 3.05) is 6.54 Å². The van der Waals surface area contributed by atoms with Crippen LogP contribution in [0.15, 0.2) is 54.6 Å². The van der Waals surface area contributed by atoms with E-state index in [-0.39, 0.29) is 11.9 Å². The van der Waals surface area contributed by atoms with Crippen molar-refractivity contribution >= 4 is 5.91 Å². The van der Waals surface area contributed by atoms with Crippen LogP contribution in [0.25, 0.3) is 0 Å². The van der Waals surface area contributed by atoms with E-state index < -0.39 is 0 Å². The molecule has 19 heavy (non-hydrogen) atoms. The van der Waals surface area contributed by atoms with Gasteiger partial charge in [-0.15, -0.1) is 0 Å². The van der Waals surface area contributed by atoms with Gasteiger partial charge in [-0.1, -0.05) is 36.4 Å². The lowest BCUT2D eigenvalue weighted by atomic mass is 10.0. The lowest BCUT2D eigenvalue weighted by Gasteiger charge is -2.25. The first-order valence-corrected chi connectivity index (χ1v) is 6.68. The zero-order chi connectivity index (χ0) is 13.1. The first kappa shape index (κ1) is 12.0. The summed E-state index contributed by atoms with van der Waals surface area (Å²) >= 11 is 0. The monoisotopic (exact) mass is 250 g/mol. The molecule has 2 nitrogen and oxygen atoms in total. The Bertz CT molecular complexity index is 550. The molecule has 0 N–H and O–H groups in total. The van der Waals surface area contributed by atoms with Crippen molar-refractivity contribution in [2.24, 2.45) is 0 Å². The Balaban J connectivity index is 1.86. The second kappa shape index (κ2) is 5.27. The molecular weight excluding hydrogens is 234 g/mol. The summed E-state index contributed by atoms with van der Waals surface area (Å²) in [6.45, 7) is 0.841. The highest BCUT2D eigenvalue weighted by Gasteiger charge is 2.30. The van der Waals surface area contributed by atoms with Crippen LogP contribution < -0.4 is 0 Å². The molecule has 95 valence electrons. The van der Waals surface area contributed by atoms with Gasteiger partial charge in [0.2, 0.25) is 0 Å². The minimum absolute atomic E-state index is 0.131. The minimum atomic E-state index is 0.131. The SMILES string of the molecule is O=C(c1ccccc1)N1CCCC1c1c[c]ccc1. The number of benzene rings is 2. The van der Waals surface area contributed by atoms with E-state index in [4.69, 9.17) is 0 Å². The first-order valence-electron chi connectivity index (χ1n) is 6.68. The van der Waals surface area contributed by atoms with E-state index >= 15 is 0 Å². The van der Waals surface area contributed by atoms with Crippen molar-refractivity contribution in [3.8, 4) is 0 Å². The van der Waals surface area contributed by atoms with Gasteiger partial charge in [0.05, 0.1) is 6.04 Å². The normalized spacial score (nSPS) is 18.5. The van der Waals surface area contributed by atoms with Crippen LogP contribution in [0.1, 0.15) is 34.8 Å². The van der Waals surface area contributed by atoms with Crippen LogP contribution in [0.4, 0.5) is 0 Å². The second-order valence-electron chi connectivity index (χ2n) is 4.86. The fraction of sp³-hybridized carbons (Fsp3) is 0.235. The largest absolute Gasteiger partial charge is 0.332 e. The molecular formula is C17H16NO. The highest BCUT2D eigenvalue weighted by atomic mass is 16.2. The van der Waals surface area contributed by atoms with Crippen LogP contribution in [0.2, 0.25) is 0 Å². The first-order chi connectivity index (χ1) is 9.36. The van der Waals surface area contributed by atoms with Gasteiger partial charge in [0.15, 0.2) is 0 Å². The highest BCUT2D eigenvalue weighted by Crippen LogP contribution is 2.32. The Kier molecular flexibility index (Phi) is 3.32. The summed E-state index contributed by atoms with van der Waals surface area (Å²) in [5.41, 5.74) is 1.96. The van der Waals surface area contributed by atoms with Crippen molar-refractivity contribution in [3.63, 3.8) is 0 Å². The standard InChI is InChI=1S/C17H16NO/c19-17(15-10-5-2-6-11-15)18-13-7-12-16(18)14-8-3-1-4-9-14/h1-3,5-6,8-11,16H,7,12-13H2. The average molecular weight is 250 g/mol. The van der Waals surface area contributed by atoms with Crippen molar-refractivity contribution in [1.82, 2.24) is 4.90 Å². The molecule has 2 aromatic carbocycles. The second-order valence-corrected chi connectivity index (χ2v) is 4.86. The van der Waals surface area contributed by atoms with E-state index in [9.17, 15) is 4.79 Å². The summed E-state index contributed by atoms with van der Waals surface area (Å²) in [5, 5.41) is 0. The summed E-state index contributed by atoms with van der Waals surface area (Å²) < 4.78 is 0. The van der Waals surface area contributed by atoms with Gasteiger partial charge in [-0.3, -0.25) is 4.79 Å². The van der Waals surface area contributed by atoms with Crippen LogP contribution in [0, 0.1) is 6.07 Å². The summed E-state index contributed by atoms with van der Waals surface area (Å²) in [7, 11) is 0. The molecule has 0 spiro atoms. The van der Waals surface area contributed by atoms with Gasteiger partial charge in [0, 0.05) is 12.1 Å². The van der Waals surface area contributed by atoms with Crippen molar-refractivity contribution in [2.45, 2.75) is 18.9 Å². The van der Waals surface area contributed by atoms with Gasteiger partial charge in [-0.05, 0) is 42.7 Å². The van der Waals surface area contributed by atoms with E-state index in [1.807, 2.05) is 53.4 Å². The van der Waals surface area contributed by atoms with Gasteiger partial charge < -0.3 is 4.90 Å². The van der Waals surface area contributed by atoms with E-state index in [2.05, 4.69) is 12.1 Å². The maximum atomic E-state index is 12.5. The van der Waals surface area contributed by atoms with Gasteiger partial charge >= 0.3 is 0 Å². The third kappa shape index (κ3) is 2.39. The zero-order valence-corrected chi connectivity index (χ0v) is 10.8. The lowest BCUT2D eigenvalue weighted by Crippen LogP contribution is -2.30. The van der Waals surface area contributed by atoms with Gasteiger partial charge in [-0.25, -0.2) is 0 Å². The summed E-state index contributed by atoms with van der Waals surface area (Å²) in [5.74, 6) is 0.131. The Morgan fingerprint density at radius 3 is 2.74 bits per heavy atom. The quantitative estimate of drug-likeness (QED) is 0.799. The summed E-state index contributed by atoms with van der Waals surface area (Å²) in [6, 6.07) is 20.8. The van der Waals surface area contributed by atoms with Gasteiger partial charge in [0.25, 0.3) is 5.91 Å². The lowest BCUT2D eigenvalue weighted by molar-refractivity contribution is 0.0735. The Morgan fingerprint density at radius 2 is 2.00 bits per heavy atom. The molecule has 1 aliphatic rings. The van der Waals surface area contributed by atoms with Crippen molar-refractivity contribution in [1.29, 1.82) is 0 Å². The molecule has 0 bridgehead atoms. The number of amides is 1. The fourth-order valence-corrected chi connectivity index (χ4v) is 2.72. The Morgan fingerprint density at radius 1 is 1.16 bits per heavy atom. The number of hydrogen-bond donors (Lipinski definition) is 0. The molecule has 2 heteroatoms. The molecule has 1 saturated heterocycles.